The molecule has 0 aromatic carbocycles. The van der Waals surface area contributed by atoms with Crippen LogP contribution in [0.5, 0.6) is 0 Å². The summed E-state index contributed by atoms with van der Waals surface area (Å²) in [6, 6.07) is 1.64. The highest BCUT2D eigenvalue weighted by atomic mass is 16.3. The second kappa shape index (κ2) is 6.68. The Morgan fingerprint density at radius 1 is 1.22 bits per heavy atom. The molecule has 0 unspecified atom stereocenters. The first-order valence-electron chi connectivity index (χ1n) is 7.45. The molecule has 0 bridgehead atoms. The second-order valence-electron chi connectivity index (χ2n) is 5.60. The Morgan fingerprint density at radius 2 is 1.91 bits per heavy atom. The lowest BCUT2D eigenvalue weighted by atomic mass is 10.1. The number of nitrogens with zero attached hydrogens (tertiary/aromatic N) is 2. The molecule has 2 amide bonds. The molecule has 0 aliphatic carbocycles. The summed E-state index contributed by atoms with van der Waals surface area (Å²) in [6.45, 7) is 7.36. The Hall–Kier alpha value is -2.57. The minimum absolute atomic E-state index is 0.251. The molecule has 2 aromatic heterocycles. The summed E-state index contributed by atoms with van der Waals surface area (Å²) in [5.74, 6) is 0.540. The van der Waals surface area contributed by atoms with Crippen LogP contribution in [0.25, 0.3) is 0 Å². The first-order valence-corrected chi connectivity index (χ1v) is 7.45. The van der Waals surface area contributed by atoms with Crippen molar-refractivity contribution in [2.24, 2.45) is 7.05 Å². The summed E-state index contributed by atoms with van der Waals surface area (Å²) in [5.41, 5.74) is 8.28. The molecule has 2 rings (SSSR count). The van der Waals surface area contributed by atoms with Gasteiger partial charge in [-0.05, 0) is 45.7 Å². The van der Waals surface area contributed by atoms with Gasteiger partial charge in [-0.25, -0.2) is 0 Å². The molecule has 124 valence electrons. The van der Waals surface area contributed by atoms with Crippen LogP contribution in [0.4, 0.5) is 0 Å². The van der Waals surface area contributed by atoms with E-state index in [1.807, 2.05) is 20.9 Å². The first-order chi connectivity index (χ1) is 10.8. The number of aromatic nitrogens is 2. The Bertz CT molecular complexity index is 743. The van der Waals surface area contributed by atoms with Crippen LogP contribution in [0.1, 0.15) is 45.3 Å². The van der Waals surface area contributed by atoms with E-state index in [4.69, 9.17) is 4.42 Å². The molecular formula is C16H22N4O3. The normalized spacial score (nSPS) is 10.7. The number of carbonyl (C=O) groups is 2. The molecule has 7 nitrogen and oxygen atoms in total. The van der Waals surface area contributed by atoms with Crippen molar-refractivity contribution < 1.29 is 14.0 Å². The van der Waals surface area contributed by atoms with Gasteiger partial charge in [-0.1, -0.05) is 0 Å². The van der Waals surface area contributed by atoms with Gasteiger partial charge in [0.25, 0.3) is 5.91 Å². The maximum absolute atomic E-state index is 12.0. The Balaban J connectivity index is 1.86. The average Bonchev–Trinajstić information content (AvgIpc) is 2.94. The molecule has 2 N–H and O–H groups in total. The van der Waals surface area contributed by atoms with E-state index in [1.54, 1.807) is 24.6 Å². The fourth-order valence-electron chi connectivity index (χ4n) is 2.53. The number of aryl methyl sites for hydroxylation is 4. The van der Waals surface area contributed by atoms with E-state index in [1.165, 1.54) is 0 Å². The van der Waals surface area contributed by atoms with Crippen LogP contribution >= 0.6 is 0 Å². The van der Waals surface area contributed by atoms with Crippen LogP contribution in [-0.2, 0) is 18.3 Å². The first kappa shape index (κ1) is 16.8. The van der Waals surface area contributed by atoms with Gasteiger partial charge in [0, 0.05) is 19.2 Å². The molecule has 0 atom stereocenters. The SMILES string of the molecule is Cc1cc(C(=O)NNC(=O)CCc2c(C)nn(C)c2C)c(C)o1. The summed E-state index contributed by atoms with van der Waals surface area (Å²) < 4.78 is 7.09. The van der Waals surface area contributed by atoms with Crippen LogP contribution in [0.2, 0.25) is 0 Å². The zero-order valence-electron chi connectivity index (χ0n) is 14.1. The van der Waals surface area contributed by atoms with Gasteiger partial charge < -0.3 is 4.42 Å². The van der Waals surface area contributed by atoms with E-state index in [9.17, 15) is 9.59 Å². The monoisotopic (exact) mass is 318 g/mol. The minimum Gasteiger partial charge on any atom is -0.466 e. The third kappa shape index (κ3) is 3.80. The summed E-state index contributed by atoms with van der Waals surface area (Å²) in [4.78, 5) is 23.9. The second-order valence-corrected chi connectivity index (χ2v) is 5.60. The summed E-state index contributed by atoms with van der Waals surface area (Å²) in [7, 11) is 1.88. The van der Waals surface area contributed by atoms with Crippen molar-refractivity contribution in [2.45, 2.75) is 40.5 Å². The number of furan rings is 1. The van der Waals surface area contributed by atoms with Gasteiger partial charge in [-0.15, -0.1) is 0 Å². The zero-order valence-corrected chi connectivity index (χ0v) is 14.1. The summed E-state index contributed by atoms with van der Waals surface area (Å²) >= 11 is 0. The average molecular weight is 318 g/mol. The zero-order chi connectivity index (χ0) is 17.1. The van der Waals surface area contributed by atoms with E-state index in [0.29, 0.717) is 23.5 Å². The van der Waals surface area contributed by atoms with Crippen molar-refractivity contribution >= 4 is 11.8 Å². The highest BCUT2D eigenvalue weighted by Gasteiger charge is 2.15. The fourth-order valence-corrected chi connectivity index (χ4v) is 2.53. The standard InChI is InChI=1S/C16H22N4O3/c1-9-8-14(12(4)23-9)16(22)18-17-15(21)7-6-13-10(2)19-20(5)11(13)3/h8H,6-7H2,1-5H3,(H,17,21)(H,18,22). The quantitative estimate of drug-likeness (QED) is 0.839. The van der Waals surface area contributed by atoms with Gasteiger partial charge in [0.2, 0.25) is 5.91 Å². The fraction of sp³-hybridized carbons (Fsp3) is 0.438. The largest absolute Gasteiger partial charge is 0.466 e. The number of amides is 2. The molecule has 0 radical (unpaired) electrons. The van der Waals surface area contributed by atoms with E-state index < -0.39 is 0 Å². The van der Waals surface area contributed by atoms with Crippen molar-refractivity contribution in [2.75, 3.05) is 0 Å². The Labute approximate surface area is 135 Å². The predicted molar refractivity (Wildman–Crippen MR) is 84.8 cm³/mol. The molecular weight excluding hydrogens is 296 g/mol. The Kier molecular flexibility index (Phi) is 4.88. The van der Waals surface area contributed by atoms with E-state index in [-0.39, 0.29) is 18.2 Å². The van der Waals surface area contributed by atoms with E-state index in [0.717, 1.165) is 17.0 Å². The maximum atomic E-state index is 12.0. The van der Waals surface area contributed by atoms with Crippen LogP contribution in [0.3, 0.4) is 0 Å². The minimum atomic E-state index is -0.388. The van der Waals surface area contributed by atoms with Gasteiger partial charge >= 0.3 is 0 Å². The summed E-state index contributed by atoms with van der Waals surface area (Å²) in [6.07, 6.45) is 0.855. The summed E-state index contributed by atoms with van der Waals surface area (Å²) in [5, 5.41) is 4.32. The molecule has 2 heterocycles. The number of carbonyl (C=O) groups excluding carboxylic acids is 2. The molecule has 0 saturated heterocycles. The molecule has 0 saturated carbocycles. The number of nitrogens with one attached hydrogen (secondary N) is 2. The molecule has 0 spiro atoms. The third-order valence-electron chi connectivity index (χ3n) is 3.86. The predicted octanol–water partition coefficient (Wildman–Crippen LogP) is 1.64. The molecule has 0 aliphatic heterocycles. The molecule has 23 heavy (non-hydrogen) atoms. The molecule has 0 aliphatic rings. The van der Waals surface area contributed by atoms with E-state index >= 15 is 0 Å². The van der Waals surface area contributed by atoms with Gasteiger partial charge in [0.05, 0.1) is 11.3 Å². The molecule has 0 fully saturated rings. The number of rotatable bonds is 4. The van der Waals surface area contributed by atoms with Crippen LogP contribution in [0.15, 0.2) is 10.5 Å². The van der Waals surface area contributed by atoms with Crippen LogP contribution < -0.4 is 10.9 Å². The highest BCUT2D eigenvalue weighted by Crippen LogP contribution is 2.14. The number of hydrazine groups is 1. The number of hydrogen-bond acceptors (Lipinski definition) is 4. The van der Waals surface area contributed by atoms with Gasteiger partial charge in [-0.2, -0.15) is 5.10 Å². The van der Waals surface area contributed by atoms with Gasteiger partial charge in [-0.3, -0.25) is 25.1 Å². The molecule has 2 aromatic rings. The van der Waals surface area contributed by atoms with Crippen LogP contribution in [-0.4, -0.2) is 21.6 Å². The lowest BCUT2D eigenvalue weighted by molar-refractivity contribution is -0.121. The third-order valence-corrected chi connectivity index (χ3v) is 3.86. The maximum Gasteiger partial charge on any atom is 0.273 e. The van der Waals surface area contributed by atoms with Crippen molar-refractivity contribution in [3.63, 3.8) is 0 Å². The van der Waals surface area contributed by atoms with Crippen molar-refractivity contribution in [1.29, 1.82) is 0 Å². The highest BCUT2D eigenvalue weighted by molar-refractivity contribution is 5.96. The lowest BCUT2D eigenvalue weighted by Crippen LogP contribution is -2.41. The topological polar surface area (TPSA) is 89.2 Å². The van der Waals surface area contributed by atoms with Crippen molar-refractivity contribution in [3.05, 3.63) is 40.1 Å². The van der Waals surface area contributed by atoms with Gasteiger partial charge in [0.1, 0.15) is 11.5 Å². The van der Waals surface area contributed by atoms with Crippen molar-refractivity contribution in [1.82, 2.24) is 20.6 Å². The van der Waals surface area contributed by atoms with Crippen molar-refractivity contribution in [3.8, 4) is 0 Å². The molecule has 7 heteroatoms. The van der Waals surface area contributed by atoms with Gasteiger partial charge in [0.15, 0.2) is 0 Å². The number of hydrogen-bond donors (Lipinski definition) is 2. The van der Waals surface area contributed by atoms with E-state index in [2.05, 4.69) is 16.0 Å². The smallest absolute Gasteiger partial charge is 0.273 e. The van der Waals surface area contributed by atoms with Crippen LogP contribution in [0, 0.1) is 27.7 Å². The lowest BCUT2D eigenvalue weighted by Gasteiger charge is -2.07. The Morgan fingerprint density at radius 3 is 2.43 bits per heavy atom.